The molecule has 3 rings (SSSR count). The monoisotopic (exact) mass is 312 g/mol. The highest BCUT2D eigenvalue weighted by atomic mass is 16.2. The van der Waals surface area contributed by atoms with E-state index in [1.165, 1.54) is 12.8 Å². The highest BCUT2D eigenvalue weighted by Gasteiger charge is 2.28. The Bertz CT molecular complexity index is 652. The second kappa shape index (κ2) is 6.94. The predicted octanol–water partition coefficient (Wildman–Crippen LogP) is 2.88. The van der Waals surface area contributed by atoms with Crippen molar-refractivity contribution >= 4 is 5.91 Å². The first-order chi connectivity index (χ1) is 11.1. The lowest BCUT2D eigenvalue weighted by Gasteiger charge is -2.34. The molecule has 0 saturated heterocycles. The van der Waals surface area contributed by atoms with Gasteiger partial charge in [0.2, 0.25) is 0 Å². The van der Waals surface area contributed by atoms with Gasteiger partial charge in [-0.1, -0.05) is 62.2 Å². The molecular formula is C18H24N4O. The Balaban J connectivity index is 1.62. The molecule has 0 spiro atoms. The van der Waals surface area contributed by atoms with Crippen LogP contribution in [-0.2, 0) is 6.54 Å². The van der Waals surface area contributed by atoms with Crippen LogP contribution in [0.1, 0.15) is 49.2 Å². The molecule has 1 aliphatic carbocycles. The molecule has 3 unspecified atom stereocenters. The Labute approximate surface area is 137 Å². The van der Waals surface area contributed by atoms with Crippen LogP contribution < -0.4 is 5.32 Å². The minimum atomic E-state index is -0.115. The van der Waals surface area contributed by atoms with Crippen molar-refractivity contribution in [2.45, 2.75) is 45.7 Å². The van der Waals surface area contributed by atoms with E-state index in [9.17, 15) is 4.79 Å². The second-order valence-electron chi connectivity index (χ2n) is 6.63. The average Bonchev–Trinajstić information content (AvgIpc) is 3.01. The number of carbonyl (C=O) groups excluding carboxylic acids is 1. The van der Waals surface area contributed by atoms with Crippen molar-refractivity contribution in [1.29, 1.82) is 0 Å². The fraction of sp³-hybridized carbons (Fsp3) is 0.500. The number of amides is 1. The third kappa shape index (κ3) is 3.78. The van der Waals surface area contributed by atoms with Crippen molar-refractivity contribution in [3.05, 3.63) is 47.8 Å². The van der Waals surface area contributed by atoms with E-state index >= 15 is 0 Å². The zero-order valence-corrected chi connectivity index (χ0v) is 13.8. The molecule has 2 aromatic rings. The highest BCUT2D eigenvalue weighted by molar-refractivity contribution is 5.92. The maximum absolute atomic E-state index is 12.4. The SMILES string of the molecule is CC1CCCC(NC(=O)c2cn(Cc3ccccc3)nn2)C1C. The number of benzene rings is 1. The van der Waals surface area contributed by atoms with Gasteiger partial charge in [-0.05, 0) is 23.8 Å². The number of rotatable bonds is 4. The van der Waals surface area contributed by atoms with Gasteiger partial charge in [0.1, 0.15) is 0 Å². The fourth-order valence-electron chi connectivity index (χ4n) is 3.28. The molecule has 1 aliphatic rings. The third-order valence-electron chi connectivity index (χ3n) is 4.98. The van der Waals surface area contributed by atoms with E-state index in [0.29, 0.717) is 24.1 Å². The van der Waals surface area contributed by atoms with Crippen LogP contribution in [0.2, 0.25) is 0 Å². The van der Waals surface area contributed by atoms with Crippen LogP contribution >= 0.6 is 0 Å². The van der Waals surface area contributed by atoms with E-state index in [2.05, 4.69) is 29.5 Å². The van der Waals surface area contributed by atoms with E-state index < -0.39 is 0 Å². The maximum atomic E-state index is 12.4. The quantitative estimate of drug-likeness (QED) is 0.944. The number of hydrogen-bond acceptors (Lipinski definition) is 3. The summed E-state index contributed by atoms with van der Waals surface area (Å²) in [5.41, 5.74) is 1.53. The summed E-state index contributed by atoms with van der Waals surface area (Å²) in [6.45, 7) is 5.11. The molecule has 1 fully saturated rings. The average molecular weight is 312 g/mol. The van der Waals surface area contributed by atoms with Crippen molar-refractivity contribution in [3.63, 3.8) is 0 Å². The summed E-state index contributed by atoms with van der Waals surface area (Å²) >= 11 is 0. The molecule has 1 N–H and O–H groups in total. The van der Waals surface area contributed by atoms with Gasteiger partial charge in [-0.15, -0.1) is 5.10 Å². The van der Waals surface area contributed by atoms with Gasteiger partial charge in [0, 0.05) is 6.04 Å². The summed E-state index contributed by atoms with van der Waals surface area (Å²) in [5.74, 6) is 1.05. The second-order valence-corrected chi connectivity index (χ2v) is 6.63. The van der Waals surface area contributed by atoms with Crippen LogP contribution in [0.3, 0.4) is 0 Å². The van der Waals surface area contributed by atoms with Crippen LogP contribution in [0.15, 0.2) is 36.5 Å². The molecule has 1 heterocycles. The minimum Gasteiger partial charge on any atom is -0.348 e. The van der Waals surface area contributed by atoms with Gasteiger partial charge in [-0.25, -0.2) is 4.68 Å². The Morgan fingerprint density at radius 2 is 2.04 bits per heavy atom. The van der Waals surface area contributed by atoms with Gasteiger partial charge in [0.25, 0.3) is 5.91 Å². The zero-order chi connectivity index (χ0) is 16.2. The first kappa shape index (κ1) is 15.7. The number of hydrogen-bond donors (Lipinski definition) is 1. The van der Waals surface area contributed by atoms with Crippen LogP contribution in [0.5, 0.6) is 0 Å². The Morgan fingerprint density at radius 3 is 2.83 bits per heavy atom. The molecule has 1 saturated carbocycles. The summed E-state index contributed by atoms with van der Waals surface area (Å²) in [7, 11) is 0. The molecule has 1 amide bonds. The van der Waals surface area contributed by atoms with Crippen LogP contribution in [0, 0.1) is 11.8 Å². The van der Waals surface area contributed by atoms with Gasteiger partial charge >= 0.3 is 0 Å². The normalized spacial score (nSPS) is 24.3. The maximum Gasteiger partial charge on any atom is 0.273 e. The molecule has 122 valence electrons. The highest BCUT2D eigenvalue weighted by Crippen LogP contribution is 2.29. The van der Waals surface area contributed by atoms with Crippen molar-refractivity contribution in [2.24, 2.45) is 11.8 Å². The summed E-state index contributed by atoms with van der Waals surface area (Å²) in [5, 5.41) is 11.2. The van der Waals surface area contributed by atoms with Gasteiger partial charge < -0.3 is 5.32 Å². The van der Waals surface area contributed by atoms with Crippen molar-refractivity contribution in [1.82, 2.24) is 20.3 Å². The van der Waals surface area contributed by atoms with E-state index in [4.69, 9.17) is 0 Å². The Kier molecular flexibility index (Phi) is 4.74. The Morgan fingerprint density at radius 1 is 1.26 bits per heavy atom. The molecule has 23 heavy (non-hydrogen) atoms. The van der Waals surface area contributed by atoms with Crippen LogP contribution in [-0.4, -0.2) is 26.9 Å². The van der Waals surface area contributed by atoms with Crippen LogP contribution in [0.4, 0.5) is 0 Å². The van der Waals surface area contributed by atoms with Gasteiger partial charge in [-0.2, -0.15) is 0 Å². The fourth-order valence-corrected chi connectivity index (χ4v) is 3.28. The smallest absolute Gasteiger partial charge is 0.273 e. The predicted molar refractivity (Wildman–Crippen MR) is 89.0 cm³/mol. The molecule has 0 aliphatic heterocycles. The van der Waals surface area contributed by atoms with Gasteiger partial charge in [0.05, 0.1) is 12.7 Å². The van der Waals surface area contributed by atoms with Crippen molar-refractivity contribution < 1.29 is 4.79 Å². The lowest BCUT2D eigenvalue weighted by atomic mass is 9.78. The molecule has 1 aromatic heterocycles. The Hall–Kier alpha value is -2.17. The molecule has 5 nitrogen and oxygen atoms in total. The molecular weight excluding hydrogens is 288 g/mol. The van der Waals surface area contributed by atoms with E-state index in [-0.39, 0.29) is 11.9 Å². The summed E-state index contributed by atoms with van der Waals surface area (Å²) in [4.78, 5) is 12.4. The molecule has 5 heteroatoms. The third-order valence-corrected chi connectivity index (χ3v) is 4.98. The van der Waals surface area contributed by atoms with E-state index in [1.807, 2.05) is 30.3 Å². The zero-order valence-electron chi connectivity index (χ0n) is 13.8. The molecule has 1 aromatic carbocycles. The number of nitrogens with one attached hydrogen (secondary N) is 1. The standard InChI is InChI=1S/C18H24N4O/c1-13-7-6-10-16(14(13)2)19-18(23)17-12-22(21-20-17)11-15-8-4-3-5-9-15/h3-5,8-9,12-14,16H,6-7,10-11H2,1-2H3,(H,19,23). The largest absolute Gasteiger partial charge is 0.348 e. The van der Waals surface area contributed by atoms with Crippen molar-refractivity contribution in [3.8, 4) is 0 Å². The topological polar surface area (TPSA) is 59.8 Å². The summed E-state index contributed by atoms with van der Waals surface area (Å²) < 4.78 is 1.71. The lowest BCUT2D eigenvalue weighted by Crippen LogP contribution is -2.43. The number of aromatic nitrogens is 3. The first-order valence-corrected chi connectivity index (χ1v) is 8.38. The lowest BCUT2D eigenvalue weighted by molar-refractivity contribution is 0.0886. The summed E-state index contributed by atoms with van der Waals surface area (Å²) in [6, 6.07) is 10.3. The van der Waals surface area contributed by atoms with E-state index in [1.54, 1.807) is 10.9 Å². The molecule has 0 bridgehead atoms. The van der Waals surface area contributed by atoms with Crippen molar-refractivity contribution in [2.75, 3.05) is 0 Å². The molecule has 3 atom stereocenters. The minimum absolute atomic E-state index is 0.115. The molecule has 0 radical (unpaired) electrons. The van der Waals surface area contributed by atoms with Gasteiger partial charge in [0.15, 0.2) is 5.69 Å². The first-order valence-electron chi connectivity index (χ1n) is 8.38. The summed E-state index contributed by atoms with van der Waals surface area (Å²) in [6.07, 6.45) is 5.20. The number of carbonyl (C=O) groups is 1. The van der Waals surface area contributed by atoms with Crippen LogP contribution in [0.25, 0.3) is 0 Å². The van der Waals surface area contributed by atoms with E-state index in [0.717, 1.165) is 12.0 Å². The number of nitrogens with zero attached hydrogens (tertiary/aromatic N) is 3. The van der Waals surface area contributed by atoms with Gasteiger partial charge in [-0.3, -0.25) is 4.79 Å².